The van der Waals surface area contributed by atoms with Crippen LogP contribution in [-0.4, -0.2) is 30.3 Å². The molecule has 0 aliphatic carbocycles. The average molecular weight is 385 g/mol. The van der Waals surface area contributed by atoms with Crippen molar-refractivity contribution in [2.45, 2.75) is 51.0 Å². The summed E-state index contributed by atoms with van der Waals surface area (Å²) in [5, 5.41) is 4.30. The summed E-state index contributed by atoms with van der Waals surface area (Å²) >= 11 is 6.48. The fourth-order valence-corrected chi connectivity index (χ4v) is 4.66. The van der Waals surface area contributed by atoms with Crippen LogP contribution in [0.1, 0.15) is 49.7 Å². The van der Waals surface area contributed by atoms with E-state index in [1.807, 2.05) is 12.1 Å². The Kier molecular flexibility index (Phi) is 5.34. The molecule has 1 unspecified atom stereocenters. The summed E-state index contributed by atoms with van der Waals surface area (Å²) in [6, 6.07) is 14.8. The van der Waals surface area contributed by atoms with Crippen molar-refractivity contribution in [2.24, 2.45) is 0 Å². The molecule has 27 heavy (non-hydrogen) atoms. The van der Waals surface area contributed by atoms with E-state index < -0.39 is 0 Å². The molecule has 4 rings (SSSR count). The second-order valence-corrected chi connectivity index (χ2v) is 8.48. The van der Waals surface area contributed by atoms with E-state index in [4.69, 9.17) is 16.3 Å². The van der Waals surface area contributed by atoms with Crippen molar-refractivity contribution in [1.82, 2.24) is 4.90 Å². The maximum absolute atomic E-state index is 6.57. The van der Waals surface area contributed by atoms with E-state index in [-0.39, 0.29) is 5.60 Å². The zero-order chi connectivity index (χ0) is 18.9. The van der Waals surface area contributed by atoms with Crippen LogP contribution in [0.5, 0.6) is 5.75 Å². The molecule has 2 heterocycles. The molecule has 1 saturated heterocycles. The molecular formula is C23H29ClN2O. The first-order valence-electron chi connectivity index (χ1n) is 10.1. The molecule has 1 N–H and O–H groups in total. The van der Waals surface area contributed by atoms with Gasteiger partial charge < -0.3 is 10.1 Å². The largest absolute Gasteiger partial charge is 0.485 e. The zero-order valence-corrected chi connectivity index (χ0v) is 17.1. The highest BCUT2D eigenvalue weighted by Crippen LogP contribution is 2.48. The topological polar surface area (TPSA) is 24.5 Å². The Bertz CT molecular complexity index is 781. The summed E-state index contributed by atoms with van der Waals surface area (Å²) in [6.07, 6.45) is 4.36. The van der Waals surface area contributed by atoms with Crippen LogP contribution in [0.2, 0.25) is 5.02 Å². The van der Waals surface area contributed by atoms with Gasteiger partial charge in [0.15, 0.2) is 0 Å². The summed E-state index contributed by atoms with van der Waals surface area (Å²) in [6.45, 7) is 7.37. The van der Waals surface area contributed by atoms with E-state index in [1.54, 1.807) is 0 Å². The van der Waals surface area contributed by atoms with Crippen molar-refractivity contribution in [3.05, 3.63) is 58.6 Å². The number of ether oxygens (including phenoxy) is 1. The number of para-hydroxylation sites is 1. The van der Waals surface area contributed by atoms with Crippen LogP contribution >= 0.6 is 11.6 Å². The molecule has 0 bridgehead atoms. The van der Waals surface area contributed by atoms with Crippen LogP contribution < -0.4 is 10.1 Å². The molecule has 2 aliphatic rings. The lowest BCUT2D eigenvalue weighted by Crippen LogP contribution is -2.51. The van der Waals surface area contributed by atoms with E-state index in [1.165, 1.54) is 16.8 Å². The molecule has 0 saturated carbocycles. The van der Waals surface area contributed by atoms with Gasteiger partial charge in [0.2, 0.25) is 0 Å². The summed E-state index contributed by atoms with van der Waals surface area (Å²) in [4.78, 5) is 2.48. The fourth-order valence-electron chi connectivity index (χ4n) is 4.44. The lowest BCUT2D eigenvalue weighted by Gasteiger charge is -2.47. The molecule has 1 fully saturated rings. The quantitative estimate of drug-likeness (QED) is 0.717. The van der Waals surface area contributed by atoms with Crippen molar-refractivity contribution in [2.75, 3.05) is 25.1 Å². The highest BCUT2D eigenvalue weighted by molar-refractivity contribution is 6.32. The minimum atomic E-state index is -0.0565. The lowest BCUT2D eigenvalue weighted by molar-refractivity contribution is -0.0209. The Hall–Kier alpha value is -1.71. The molecular weight excluding hydrogens is 356 g/mol. The molecule has 3 nitrogen and oxygen atoms in total. The van der Waals surface area contributed by atoms with Crippen molar-refractivity contribution in [3.8, 4) is 5.75 Å². The van der Waals surface area contributed by atoms with Crippen molar-refractivity contribution >= 4 is 17.3 Å². The monoisotopic (exact) mass is 384 g/mol. The highest BCUT2D eigenvalue weighted by atomic mass is 35.5. The first kappa shape index (κ1) is 18.6. The van der Waals surface area contributed by atoms with Gasteiger partial charge in [-0.25, -0.2) is 0 Å². The predicted molar refractivity (Wildman–Crippen MR) is 113 cm³/mol. The number of hydrogen-bond acceptors (Lipinski definition) is 3. The fraction of sp³-hybridized carbons (Fsp3) is 0.478. The van der Waals surface area contributed by atoms with Gasteiger partial charge >= 0.3 is 0 Å². The number of hydrogen-bond donors (Lipinski definition) is 1. The van der Waals surface area contributed by atoms with Crippen LogP contribution in [0, 0.1) is 6.92 Å². The van der Waals surface area contributed by atoms with Gasteiger partial charge in [-0.1, -0.05) is 48.4 Å². The Balaban J connectivity index is 1.39. The highest BCUT2D eigenvalue weighted by Gasteiger charge is 2.43. The number of likely N-dealkylation sites (tertiary alicyclic amines) is 1. The second kappa shape index (κ2) is 7.73. The van der Waals surface area contributed by atoms with Gasteiger partial charge in [-0.05, 0) is 62.3 Å². The first-order valence-corrected chi connectivity index (χ1v) is 10.5. The maximum Gasteiger partial charge on any atom is 0.142 e. The van der Waals surface area contributed by atoms with Gasteiger partial charge in [-0.2, -0.15) is 0 Å². The van der Waals surface area contributed by atoms with Gasteiger partial charge in [-0.15, -0.1) is 0 Å². The van der Waals surface area contributed by atoms with Crippen LogP contribution in [-0.2, 0) is 0 Å². The Labute approximate surface area is 167 Å². The van der Waals surface area contributed by atoms with Crippen molar-refractivity contribution in [1.29, 1.82) is 0 Å². The predicted octanol–water partition coefficient (Wildman–Crippen LogP) is 5.83. The number of nitrogens with one attached hydrogen (secondary N) is 1. The van der Waals surface area contributed by atoms with Gasteiger partial charge in [0.1, 0.15) is 11.4 Å². The number of rotatable bonds is 4. The smallest absolute Gasteiger partial charge is 0.142 e. The van der Waals surface area contributed by atoms with Crippen LogP contribution in [0.15, 0.2) is 42.5 Å². The molecule has 2 aromatic carbocycles. The van der Waals surface area contributed by atoms with E-state index in [9.17, 15) is 0 Å². The third-order valence-electron chi connectivity index (χ3n) is 6.19. The van der Waals surface area contributed by atoms with Crippen LogP contribution in [0.25, 0.3) is 0 Å². The van der Waals surface area contributed by atoms with Gasteiger partial charge in [0.05, 0.1) is 11.7 Å². The number of halogens is 1. The molecule has 0 aromatic heterocycles. The molecule has 4 heteroatoms. The number of aryl methyl sites for hydroxylation is 1. The molecule has 1 atom stereocenters. The van der Waals surface area contributed by atoms with Crippen LogP contribution in [0.3, 0.4) is 0 Å². The summed E-state index contributed by atoms with van der Waals surface area (Å²) in [5.74, 6) is 1.48. The normalized spacial score (nSPS) is 21.5. The maximum atomic E-state index is 6.57. The van der Waals surface area contributed by atoms with Gasteiger partial charge in [0.25, 0.3) is 0 Å². The summed E-state index contributed by atoms with van der Waals surface area (Å²) < 4.78 is 6.57. The molecule has 144 valence electrons. The van der Waals surface area contributed by atoms with E-state index in [2.05, 4.69) is 54.4 Å². The van der Waals surface area contributed by atoms with E-state index in [0.29, 0.717) is 5.92 Å². The van der Waals surface area contributed by atoms with Crippen molar-refractivity contribution < 1.29 is 4.74 Å². The van der Waals surface area contributed by atoms with Gasteiger partial charge in [0, 0.05) is 18.8 Å². The van der Waals surface area contributed by atoms with Crippen molar-refractivity contribution in [3.63, 3.8) is 0 Å². The zero-order valence-electron chi connectivity index (χ0n) is 16.3. The molecule has 0 amide bonds. The number of benzene rings is 2. The first-order chi connectivity index (χ1) is 13.1. The Morgan fingerprint density at radius 3 is 2.59 bits per heavy atom. The average Bonchev–Trinajstić information content (AvgIpc) is 2.69. The summed E-state index contributed by atoms with van der Waals surface area (Å²) in [7, 11) is 0. The minimum absolute atomic E-state index is 0.0565. The van der Waals surface area contributed by atoms with Gasteiger partial charge in [-0.3, -0.25) is 4.90 Å². The Morgan fingerprint density at radius 2 is 1.89 bits per heavy atom. The lowest BCUT2D eigenvalue weighted by atomic mass is 9.76. The standard InChI is InChI=1S/C23H29ClN2O/c1-3-18-15-23(27-22-20(18)5-4-6-21(22)24)11-13-26(14-12-23)16-25-19-9-7-17(2)8-10-19/h4-10,18,25H,3,11-16H2,1-2H3. The molecule has 2 aliphatic heterocycles. The summed E-state index contributed by atoms with van der Waals surface area (Å²) in [5.41, 5.74) is 3.71. The SMILES string of the molecule is CCC1CC2(CCN(CNc3ccc(C)cc3)CC2)Oc2c(Cl)cccc21. The number of fused-ring (bicyclic) bond motifs is 1. The number of piperidine rings is 1. The Morgan fingerprint density at radius 1 is 1.15 bits per heavy atom. The number of anilines is 1. The molecule has 0 radical (unpaired) electrons. The third-order valence-corrected chi connectivity index (χ3v) is 6.49. The molecule has 1 spiro atoms. The molecule has 2 aromatic rings. The second-order valence-electron chi connectivity index (χ2n) is 8.07. The van der Waals surface area contributed by atoms with E-state index in [0.717, 1.165) is 56.2 Å². The minimum Gasteiger partial charge on any atom is -0.485 e. The van der Waals surface area contributed by atoms with Crippen LogP contribution in [0.4, 0.5) is 5.69 Å². The third kappa shape index (κ3) is 3.95. The number of nitrogens with zero attached hydrogens (tertiary/aromatic N) is 1. The van der Waals surface area contributed by atoms with E-state index >= 15 is 0 Å².